The molecule has 1 atom stereocenters. The van der Waals surface area contributed by atoms with Crippen molar-refractivity contribution in [1.29, 1.82) is 0 Å². The zero-order valence-corrected chi connectivity index (χ0v) is 16.7. The maximum absolute atomic E-state index is 13.5. The van der Waals surface area contributed by atoms with Crippen LogP contribution in [0.2, 0.25) is 0 Å². The van der Waals surface area contributed by atoms with Gasteiger partial charge in [0.15, 0.2) is 5.92 Å². The minimum Gasteiger partial charge on any atom is -0.255 e. The molecule has 27 heavy (non-hydrogen) atoms. The Hall–Kier alpha value is -2.28. The van der Waals surface area contributed by atoms with Crippen LogP contribution in [-0.2, 0) is 10.5 Å². The Morgan fingerprint density at radius 2 is 2.07 bits per heavy atom. The molecule has 2 aliphatic heterocycles. The summed E-state index contributed by atoms with van der Waals surface area (Å²) in [5, 5.41) is 0. The van der Waals surface area contributed by atoms with Gasteiger partial charge in [-0.1, -0.05) is 26.0 Å². The number of urea groups is 1. The summed E-state index contributed by atoms with van der Waals surface area (Å²) in [6, 6.07) is 6.08. The SMILES string of the molecule is CC(C)CC1=C(SCc2cccc(F)c2)C2C(=O)N(C)C(=O)[N+](C)=C2N=C1. The normalized spacial score (nSPS) is 20.1. The van der Waals surface area contributed by atoms with Gasteiger partial charge in [-0.2, -0.15) is 9.48 Å². The van der Waals surface area contributed by atoms with E-state index in [1.165, 1.54) is 35.5 Å². The molecule has 0 aromatic heterocycles. The summed E-state index contributed by atoms with van der Waals surface area (Å²) in [5.74, 6) is 0.260. The molecule has 5 nitrogen and oxygen atoms in total. The number of hydrogen-bond acceptors (Lipinski definition) is 4. The summed E-state index contributed by atoms with van der Waals surface area (Å²) < 4.78 is 14.9. The summed E-state index contributed by atoms with van der Waals surface area (Å²) in [7, 11) is 3.13. The van der Waals surface area contributed by atoms with Crippen molar-refractivity contribution >= 4 is 35.8 Å². The maximum atomic E-state index is 13.5. The molecule has 0 saturated heterocycles. The predicted octanol–water partition coefficient (Wildman–Crippen LogP) is 3.69. The average molecular weight is 388 g/mol. The van der Waals surface area contributed by atoms with E-state index in [1.54, 1.807) is 19.3 Å². The van der Waals surface area contributed by atoms with E-state index in [-0.39, 0.29) is 17.8 Å². The van der Waals surface area contributed by atoms with Gasteiger partial charge in [0.25, 0.3) is 5.84 Å². The van der Waals surface area contributed by atoms with Crippen molar-refractivity contribution in [1.82, 2.24) is 4.90 Å². The second-order valence-corrected chi connectivity index (χ2v) is 8.21. The van der Waals surface area contributed by atoms with Crippen LogP contribution in [0.4, 0.5) is 9.18 Å². The summed E-state index contributed by atoms with van der Waals surface area (Å²) in [5.41, 5.74) is 1.85. The number of carbonyl (C=O) groups is 2. The number of thioether (sulfide) groups is 1. The fourth-order valence-electron chi connectivity index (χ4n) is 3.26. The van der Waals surface area contributed by atoms with E-state index in [0.29, 0.717) is 17.5 Å². The average Bonchev–Trinajstić information content (AvgIpc) is 2.62. The number of allylic oxidation sites excluding steroid dienone is 1. The Morgan fingerprint density at radius 3 is 2.74 bits per heavy atom. The zero-order valence-electron chi connectivity index (χ0n) is 15.9. The van der Waals surface area contributed by atoms with Crippen LogP contribution in [0.5, 0.6) is 0 Å². The highest BCUT2D eigenvalue weighted by molar-refractivity contribution is 8.02. The molecule has 0 radical (unpaired) electrons. The van der Waals surface area contributed by atoms with Gasteiger partial charge in [-0.3, -0.25) is 4.79 Å². The van der Waals surface area contributed by atoms with Crippen molar-refractivity contribution < 1.29 is 18.6 Å². The Labute approximate surface area is 162 Å². The van der Waals surface area contributed by atoms with Gasteiger partial charge in [0.2, 0.25) is 0 Å². The van der Waals surface area contributed by atoms with E-state index >= 15 is 0 Å². The van der Waals surface area contributed by atoms with Crippen LogP contribution in [0.15, 0.2) is 39.7 Å². The van der Waals surface area contributed by atoms with Gasteiger partial charge in [0.1, 0.15) is 12.0 Å². The Morgan fingerprint density at radius 1 is 1.33 bits per heavy atom. The molecule has 1 aromatic carbocycles. The van der Waals surface area contributed by atoms with Crippen molar-refractivity contribution in [3.8, 4) is 0 Å². The molecular formula is C20H23FN3O2S+. The number of dihydropyridines is 1. The van der Waals surface area contributed by atoms with Crippen molar-refractivity contribution in [2.75, 3.05) is 14.1 Å². The molecule has 2 aliphatic rings. The third-order valence-electron chi connectivity index (χ3n) is 4.60. The standard InChI is InChI=1S/C20H23FN3O2S/c1-12(2)8-14-10-22-18-16(19(25)24(4)20(26)23(18)3)17(14)27-11-13-6-5-7-15(21)9-13/h5-7,9-10,12,16H,8,11H2,1-4H3/q+1. The molecule has 0 spiro atoms. The number of nitrogens with zero attached hydrogens (tertiary/aromatic N) is 3. The van der Waals surface area contributed by atoms with Crippen molar-refractivity contribution in [2.45, 2.75) is 26.0 Å². The number of benzene rings is 1. The first kappa shape index (κ1) is 19.5. The molecule has 1 aromatic rings. The third-order valence-corrected chi connectivity index (χ3v) is 5.88. The van der Waals surface area contributed by atoms with Crippen LogP contribution in [0.3, 0.4) is 0 Å². The van der Waals surface area contributed by atoms with Crippen LogP contribution < -0.4 is 0 Å². The van der Waals surface area contributed by atoms with E-state index in [0.717, 1.165) is 27.4 Å². The van der Waals surface area contributed by atoms with Gasteiger partial charge >= 0.3 is 11.9 Å². The molecule has 1 unspecified atom stereocenters. The molecule has 0 bridgehead atoms. The fourth-order valence-corrected chi connectivity index (χ4v) is 4.45. The van der Waals surface area contributed by atoms with E-state index in [4.69, 9.17) is 0 Å². The van der Waals surface area contributed by atoms with Gasteiger partial charge in [0, 0.05) is 10.7 Å². The highest BCUT2D eigenvalue weighted by Gasteiger charge is 2.48. The lowest BCUT2D eigenvalue weighted by Crippen LogP contribution is -2.52. The highest BCUT2D eigenvalue weighted by Crippen LogP contribution is 2.38. The Balaban J connectivity index is 2.00. The second-order valence-electron chi connectivity index (χ2n) is 7.19. The number of amides is 3. The van der Waals surface area contributed by atoms with Gasteiger partial charge in [-0.15, -0.1) is 16.8 Å². The highest BCUT2D eigenvalue weighted by atomic mass is 32.2. The van der Waals surface area contributed by atoms with Gasteiger partial charge in [0.05, 0.1) is 14.1 Å². The van der Waals surface area contributed by atoms with Crippen LogP contribution in [0.25, 0.3) is 0 Å². The number of rotatable bonds is 5. The van der Waals surface area contributed by atoms with Crippen LogP contribution in [0.1, 0.15) is 25.8 Å². The first-order valence-electron chi connectivity index (χ1n) is 8.86. The van der Waals surface area contributed by atoms with Crippen LogP contribution >= 0.6 is 11.8 Å². The third kappa shape index (κ3) is 3.88. The molecule has 0 fully saturated rings. The minimum atomic E-state index is -0.588. The fraction of sp³-hybridized carbons (Fsp3) is 0.400. The van der Waals surface area contributed by atoms with Crippen molar-refractivity contribution in [2.24, 2.45) is 16.8 Å². The number of aliphatic imine (C=N–C) groups is 1. The van der Waals surface area contributed by atoms with Gasteiger partial charge < -0.3 is 0 Å². The van der Waals surface area contributed by atoms with Crippen LogP contribution in [0, 0.1) is 17.7 Å². The minimum absolute atomic E-state index is 0.270. The number of halogens is 1. The number of imide groups is 1. The maximum Gasteiger partial charge on any atom is 0.445 e. The predicted molar refractivity (Wildman–Crippen MR) is 106 cm³/mol. The lowest BCUT2D eigenvalue weighted by Gasteiger charge is -2.28. The number of fused-ring (bicyclic) bond motifs is 1. The quantitative estimate of drug-likeness (QED) is 0.723. The smallest absolute Gasteiger partial charge is 0.255 e. The van der Waals surface area contributed by atoms with E-state index in [2.05, 4.69) is 18.8 Å². The molecule has 2 heterocycles. The summed E-state index contributed by atoms with van der Waals surface area (Å²) in [6.07, 6.45) is 2.55. The summed E-state index contributed by atoms with van der Waals surface area (Å²) in [6.45, 7) is 4.22. The Bertz CT molecular complexity index is 889. The Kier molecular flexibility index (Phi) is 5.60. The first-order chi connectivity index (χ1) is 12.8. The molecule has 0 N–H and O–H groups in total. The van der Waals surface area contributed by atoms with Crippen molar-refractivity contribution in [3.05, 3.63) is 46.1 Å². The zero-order chi connectivity index (χ0) is 19.7. The molecule has 142 valence electrons. The summed E-state index contributed by atoms with van der Waals surface area (Å²) in [4.78, 5) is 31.6. The van der Waals surface area contributed by atoms with Gasteiger partial charge in [-0.05, 0) is 35.6 Å². The molecule has 0 saturated carbocycles. The number of carbonyl (C=O) groups excluding carboxylic acids is 2. The largest absolute Gasteiger partial charge is 0.445 e. The first-order valence-corrected chi connectivity index (χ1v) is 9.84. The molecule has 0 aliphatic carbocycles. The van der Waals surface area contributed by atoms with Gasteiger partial charge in [-0.25, -0.2) is 9.18 Å². The topological polar surface area (TPSA) is 52.8 Å². The number of hydrogen-bond donors (Lipinski definition) is 0. The monoisotopic (exact) mass is 388 g/mol. The lowest BCUT2D eigenvalue weighted by molar-refractivity contribution is -0.407. The number of amidine groups is 1. The second kappa shape index (κ2) is 7.76. The van der Waals surface area contributed by atoms with Crippen LogP contribution in [-0.4, -0.2) is 47.6 Å². The molecule has 3 amide bonds. The molecule has 7 heteroatoms. The van der Waals surface area contributed by atoms with E-state index < -0.39 is 5.92 Å². The summed E-state index contributed by atoms with van der Waals surface area (Å²) >= 11 is 1.52. The molecule has 3 rings (SSSR count). The van der Waals surface area contributed by atoms with E-state index in [9.17, 15) is 14.0 Å². The lowest BCUT2D eigenvalue weighted by atomic mass is 9.94. The van der Waals surface area contributed by atoms with E-state index in [1.807, 2.05) is 6.07 Å². The van der Waals surface area contributed by atoms with Crippen molar-refractivity contribution in [3.63, 3.8) is 0 Å². The molecular weight excluding hydrogens is 365 g/mol.